The van der Waals surface area contributed by atoms with Crippen molar-refractivity contribution in [1.82, 2.24) is 0 Å². The van der Waals surface area contributed by atoms with Crippen LogP contribution in [0.5, 0.6) is 5.75 Å². The van der Waals surface area contributed by atoms with E-state index in [-0.39, 0.29) is 28.7 Å². The van der Waals surface area contributed by atoms with Gasteiger partial charge < -0.3 is 28.6 Å². The highest BCUT2D eigenvalue weighted by Gasteiger charge is 2.27. The maximum Gasteiger partial charge on any atom is 0.371 e. The van der Waals surface area contributed by atoms with Crippen molar-refractivity contribution in [2.24, 2.45) is 0 Å². The van der Waals surface area contributed by atoms with Gasteiger partial charge in [-0.15, -0.1) is 0 Å². The number of carbonyl (C=O) groups is 3. The van der Waals surface area contributed by atoms with Crippen LogP contribution in [-0.4, -0.2) is 37.2 Å². The number of carbonyl (C=O) groups excluding carboxylic acids is 2. The maximum atomic E-state index is 12.5. The van der Waals surface area contributed by atoms with Gasteiger partial charge >= 0.3 is 17.9 Å². The van der Waals surface area contributed by atoms with E-state index >= 15 is 0 Å². The SMILES string of the molecule is COC(=O)C1=C(C(=O)OC)N(c2ccc(OCc3ccc(C(=O)O)o3)c(Cl)c2)C=CC=C1. The van der Waals surface area contributed by atoms with Crippen molar-refractivity contribution < 1.29 is 38.1 Å². The number of rotatable bonds is 7. The number of methoxy groups -OCH3 is 2. The van der Waals surface area contributed by atoms with Gasteiger partial charge in [-0.25, -0.2) is 14.4 Å². The van der Waals surface area contributed by atoms with E-state index in [2.05, 4.69) is 0 Å². The molecular weight excluding hydrogens is 442 g/mol. The molecule has 0 saturated heterocycles. The van der Waals surface area contributed by atoms with Gasteiger partial charge in [0.05, 0.1) is 24.8 Å². The standard InChI is InChI=1S/C22H18ClNO8/c1-29-21(27)15-5-3-4-10-24(19(15)22(28)30-2)13-6-8-17(16(23)11-13)31-12-14-7-9-18(32-14)20(25)26/h3-11H,12H2,1-2H3,(H,25,26). The minimum absolute atomic E-state index is 0.00727. The molecule has 166 valence electrons. The fourth-order valence-electron chi connectivity index (χ4n) is 2.84. The van der Waals surface area contributed by atoms with Gasteiger partial charge in [-0.2, -0.15) is 0 Å². The summed E-state index contributed by atoms with van der Waals surface area (Å²) in [4.78, 5) is 37.1. The zero-order chi connectivity index (χ0) is 23.3. The molecule has 0 unspecified atom stereocenters. The quantitative estimate of drug-likeness (QED) is 0.618. The monoisotopic (exact) mass is 459 g/mol. The first-order valence-corrected chi connectivity index (χ1v) is 9.53. The van der Waals surface area contributed by atoms with Gasteiger partial charge in [0.25, 0.3) is 0 Å². The average molecular weight is 460 g/mol. The number of allylic oxidation sites excluding steroid dienone is 2. The second kappa shape index (κ2) is 9.88. The Kier molecular flexibility index (Phi) is 7.01. The van der Waals surface area contributed by atoms with E-state index in [1.807, 2.05) is 0 Å². The van der Waals surface area contributed by atoms with E-state index in [1.54, 1.807) is 30.5 Å². The lowest BCUT2D eigenvalue weighted by Gasteiger charge is -2.23. The molecule has 0 amide bonds. The Morgan fingerprint density at radius 2 is 1.81 bits per heavy atom. The Morgan fingerprint density at radius 1 is 1.06 bits per heavy atom. The van der Waals surface area contributed by atoms with Crippen LogP contribution in [0.15, 0.2) is 70.4 Å². The summed E-state index contributed by atoms with van der Waals surface area (Å²) >= 11 is 6.36. The fourth-order valence-corrected chi connectivity index (χ4v) is 3.07. The Bertz CT molecular complexity index is 1140. The largest absolute Gasteiger partial charge is 0.484 e. The number of halogens is 1. The summed E-state index contributed by atoms with van der Waals surface area (Å²) in [6.07, 6.45) is 6.24. The molecule has 1 N–H and O–H groups in total. The fraction of sp³-hybridized carbons (Fsp3) is 0.136. The molecule has 1 aromatic heterocycles. The van der Waals surface area contributed by atoms with Gasteiger partial charge in [0.2, 0.25) is 5.76 Å². The number of aromatic carboxylic acids is 1. The average Bonchev–Trinajstić information content (AvgIpc) is 3.16. The van der Waals surface area contributed by atoms with Crippen LogP contribution < -0.4 is 9.64 Å². The lowest BCUT2D eigenvalue weighted by Crippen LogP contribution is -2.26. The summed E-state index contributed by atoms with van der Waals surface area (Å²) in [7, 11) is 2.41. The molecule has 32 heavy (non-hydrogen) atoms. The number of hydrogen-bond acceptors (Lipinski definition) is 8. The van der Waals surface area contributed by atoms with Crippen molar-refractivity contribution in [2.75, 3.05) is 19.1 Å². The minimum Gasteiger partial charge on any atom is -0.484 e. The second-order valence-electron chi connectivity index (χ2n) is 6.29. The zero-order valence-corrected chi connectivity index (χ0v) is 17.8. The molecule has 0 fully saturated rings. The van der Waals surface area contributed by atoms with Crippen molar-refractivity contribution in [1.29, 1.82) is 0 Å². The number of furan rings is 1. The number of carboxylic acids is 1. The third kappa shape index (κ3) is 4.84. The first kappa shape index (κ1) is 22.7. The van der Waals surface area contributed by atoms with Crippen molar-refractivity contribution >= 4 is 35.2 Å². The highest BCUT2D eigenvalue weighted by Crippen LogP contribution is 2.33. The Morgan fingerprint density at radius 3 is 2.44 bits per heavy atom. The summed E-state index contributed by atoms with van der Waals surface area (Å²) < 4.78 is 20.4. The van der Waals surface area contributed by atoms with E-state index in [0.29, 0.717) is 17.2 Å². The van der Waals surface area contributed by atoms with Crippen molar-refractivity contribution in [3.63, 3.8) is 0 Å². The molecule has 0 aliphatic carbocycles. The molecule has 1 aliphatic rings. The van der Waals surface area contributed by atoms with E-state index in [9.17, 15) is 14.4 Å². The van der Waals surface area contributed by atoms with Crippen LogP contribution in [0.2, 0.25) is 5.02 Å². The van der Waals surface area contributed by atoms with Crippen LogP contribution >= 0.6 is 11.6 Å². The normalized spacial score (nSPS) is 13.0. The smallest absolute Gasteiger partial charge is 0.371 e. The zero-order valence-electron chi connectivity index (χ0n) is 17.0. The molecule has 0 spiro atoms. The summed E-state index contributed by atoms with van der Waals surface area (Å²) in [6.45, 7) is -0.0420. The molecule has 9 nitrogen and oxygen atoms in total. The van der Waals surface area contributed by atoms with E-state index in [1.165, 1.54) is 43.4 Å². The summed E-state index contributed by atoms with van der Waals surface area (Å²) in [5.41, 5.74) is 0.411. The van der Waals surface area contributed by atoms with Crippen molar-refractivity contribution in [2.45, 2.75) is 6.61 Å². The van der Waals surface area contributed by atoms with Crippen LogP contribution in [-0.2, 0) is 25.7 Å². The predicted octanol–water partition coefficient (Wildman–Crippen LogP) is 3.70. The van der Waals surface area contributed by atoms with Crippen LogP contribution in [0.3, 0.4) is 0 Å². The Hall–Kier alpha value is -3.98. The van der Waals surface area contributed by atoms with Gasteiger partial charge in [0.1, 0.15) is 23.8 Å². The lowest BCUT2D eigenvalue weighted by atomic mass is 10.1. The highest BCUT2D eigenvalue weighted by atomic mass is 35.5. The maximum absolute atomic E-state index is 12.5. The predicted molar refractivity (Wildman–Crippen MR) is 113 cm³/mol. The topological polar surface area (TPSA) is 116 Å². The van der Waals surface area contributed by atoms with Gasteiger partial charge in [-0.05, 0) is 42.5 Å². The number of anilines is 1. The second-order valence-corrected chi connectivity index (χ2v) is 6.70. The molecule has 0 atom stereocenters. The number of ether oxygens (including phenoxy) is 3. The Labute approximate surface area is 187 Å². The van der Waals surface area contributed by atoms with E-state index in [4.69, 9.17) is 35.3 Å². The van der Waals surface area contributed by atoms with Crippen molar-refractivity contribution in [3.8, 4) is 5.75 Å². The van der Waals surface area contributed by atoms with Gasteiger partial charge in [0.15, 0.2) is 0 Å². The highest BCUT2D eigenvalue weighted by molar-refractivity contribution is 6.32. The molecular formula is C22H18ClNO8. The summed E-state index contributed by atoms with van der Waals surface area (Å²) in [5.74, 6) is -2.22. The van der Waals surface area contributed by atoms with Crippen LogP contribution in [0.4, 0.5) is 5.69 Å². The van der Waals surface area contributed by atoms with Gasteiger partial charge in [-0.3, -0.25) is 0 Å². The molecule has 1 aliphatic heterocycles. The van der Waals surface area contributed by atoms with E-state index in [0.717, 1.165) is 0 Å². The minimum atomic E-state index is -1.18. The molecule has 3 rings (SSSR count). The van der Waals surface area contributed by atoms with Crippen LogP contribution in [0.1, 0.15) is 16.3 Å². The van der Waals surface area contributed by atoms with Gasteiger partial charge in [0, 0.05) is 11.9 Å². The van der Waals surface area contributed by atoms with Crippen LogP contribution in [0, 0.1) is 0 Å². The molecule has 0 saturated carbocycles. The van der Waals surface area contributed by atoms with Crippen LogP contribution in [0.25, 0.3) is 0 Å². The molecule has 0 bridgehead atoms. The molecule has 2 aromatic rings. The molecule has 10 heteroatoms. The number of carboxylic acid groups (broad SMARTS) is 1. The number of benzene rings is 1. The molecule has 0 radical (unpaired) electrons. The first-order chi connectivity index (χ1) is 15.3. The number of hydrogen-bond donors (Lipinski definition) is 1. The number of nitrogens with zero attached hydrogens (tertiary/aromatic N) is 1. The lowest BCUT2D eigenvalue weighted by molar-refractivity contribution is -0.139. The Balaban J connectivity index is 1.89. The summed E-state index contributed by atoms with van der Waals surface area (Å²) in [5, 5.41) is 9.12. The number of esters is 2. The van der Waals surface area contributed by atoms with Crippen molar-refractivity contribution in [3.05, 3.63) is 82.6 Å². The third-order valence-electron chi connectivity index (χ3n) is 4.33. The summed E-state index contributed by atoms with van der Waals surface area (Å²) in [6, 6.07) is 7.54. The molecule has 2 heterocycles. The van der Waals surface area contributed by atoms with Gasteiger partial charge in [-0.1, -0.05) is 17.7 Å². The third-order valence-corrected chi connectivity index (χ3v) is 4.62. The first-order valence-electron chi connectivity index (χ1n) is 9.15. The van der Waals surface area contributed by atoms with E-state index < -0.39 is 17.9 Å². The molecule has 1 aromatic carbocycles.